The molecule has 1 N–H and O–H groups in total. The Kier molecular flexibility index (Phi) is 2.88. The van der Waals surface area contributed by atoms with Crippen LogP contribution in [0.3, 0.4) is 0 Å². The molecule has 1 unspecified atom stereocenters. The largest absolute Gasteiger partial charge is 0.379 e. The van der Waals surface area contributed by atoms with E-state index in [1.54, 1.807) is 0 Å². The molecule has 4 nitrogen and oxygen atoms in total. The maximum absolute atomic E-state index is 12.5. The number of rotatable bonds is 2. The summed E-state index contributed by atoms with van der Waals surface area (Å²) in [6.07, 6.45) is 4.39. The highest BCUT2D eigenvalue weighted by molar-refractivity contribution is 5.24. The molecule has 0 aromatic carbocycles. The molecule has 0 bridgehead atoms. The standard InChI is InChI=1S/C9H12FN3O/c10-7-4-11-9(12-5-7)13-8-2-1-3-14-6-8/h4-5,8H,1-3,6H2,(H,11,12,13). The monoisotopic (exact) mass is 197 g/mol. The SMILES string of the molecule is Fc1cnc(NC2CCCOC2)nc1. The minimum atomic E-state index is -0.421. The first-order valence-corrected chi connectivity index (χ1v) is 4.66. The summed E-state index contributed by atoms with van der Waals surface area (Å²) in [6, 6.07) is 0.245. The lowest BCUT2D eigenvalue weighted by Gasteiger charge is -2.22. The lowest BCUT2D eigenvalue weighted by atomic mass is 10.1. The number of ether oxygens (including phenoxy) is 1. The number of aromatic nitrogens is 2. The zero-order valence-electron chi connectivity index (χ0n) is 7.74. The van der Waals surface area contributed by atoms with Gasteiger partial charge in [0.05, 0.1) is 25.0 Å². The van der Waals surface area contributed by atoms with Gasteiger partial charge in [0, 0.05) is 6.61 Å². The van der Waals surface area contributed by atoms with Crippen LogP contribution in [0.15, 0.2) is 12.4 Å². The number of halogens is 1. The third-order valence-electron chi connectivity index (χ3n) is 2.11. The Hall–Kier alpha value is -1.23. The van der Waals surface area contributed by atoms with E-state index in [0.717, 1.165) is 31.8 Å². The van der Waals surface area contributed by atoms with Crippen molar-refractivity contribution in [2.75, 3.05) is 18.5 Å². The molecule has 0 radical (unpaired) electrons. The molecule has 0 amide bonds. The Labute approximate surface area is 81.5 Å². The summed E-state index contributed by atoms with van der Waals surface area (Å²) >= 11 is 0. The Morgan fingerprint density at radius 2 is 2.21 bits per heavy atom. The number of nitrogens with zero attached hydrogens (tertiary/aromatic N) is 2. The number of anilines is 1. The van der Waals surface area contributed by atoms with E-state index in [0.29, 0.717) is 12.6 Å². The molecule has 0 spiro atoms. The fraction of sp³-hybridized carbons (Fsp3) is 0.556. The van der Waals surface area contributed by atoms with Gasteiger partial charge in [0.25, 0.3) is 0 Å². The predicted molar refractivity (Wildman–Crippen MR) is 49.5 cm³/mol. The third-order valence-corrected chi connectivity index (χ3v) is 2.11. The average Bonchev–Trinajstić information content (AvgIpc) is 2.23. The van der Waals surface area contributed by atoms with Gasteiger partial charge in [-0.15, -0.1) is 0 Å². The number of hydrogen-bond donors (Lipinski definition) is 1. The second kappa shape index (κ2) is 4.32. The molecule has 2 rings (SSSR count). The van der Waals surface area contributed by atoms with Crippen molar-refractivity contribution in [3.8, 4) is 0 Å². The molecule has 1 fully saturated rings. The smallest absolute Gasteiger partial charge is 0.223 e. The van der Waals surface area contributed by atoms with E-state index < -0.39 is 5.82 Å². The molecule has 1 aromatic heterocycles. The minimum absolute atomic E-state index is 0.245. The quantitative estimate of drug-likeness (QED) is 0.774. The van der Waals surface area contributed by atoms with Crippen molar-refractivity contribution in [1.82, 2.24) is 9.97 Å². The topological polar surface area (TPSA) is 47.0 Å². The normalized spacial score (nSPS) is 21.9. The fourth-order valence-corrected chi connectivity index (χ4v) is 1.42. The highest BCUT2D eigenvalue weighted by Crippen LogP contribution is 2.10. The van der Waals surface area contributed by atoms with Crippen LogP contribution in [0.1, 0.15) is 12.8 Å². The Morgan fingerprint density at radius 3 is 2.86 bits per heavy atom. The van der Waals surface area contributed by atoms with Crippen molar-refractivity contribution >= 4 is 5.95 Å². The van der Waals surface area contributed by atoms with Crippen molar-refractivity contribution in [3.63, 3.8) is 0 Å². The van der Waals surface area contributed by atoms with Crippen LogP contribution in [0, 0.1) is 5.82 Å². The van der Waals surface area contributed by atoms with Crippen LogP contribution in [0.25, 0.3) is 0 Å². The van der Waals surface area contributed by atoms with E-state index >= 15 is 0 Å². The Bertz CT molecular complexity index is 285. The van der Waals surface area contributed by atoms with E-state index in [4.69, 9.17) is 4.74 Å². The number of hydrogen-bond acceptors (Lipinski definition) is 4. The molecule has 1 aromatic rings. The van der Waals surface area contributed by atoms with Gasteiger partial charge in [0.15, 0.2) is 5.82 Å². The molecule has 1 saturated heterocycles. The van der Waals surface area contributed by atoms with Crippen LogP contribution in [-0.2, 0) is 4.74 Å². The molecule has 1 atom stereocenters. The molecule has 5 heteroatoms. The molecule has 76 valence electrons. The summed E-state index contributed by atoms with van der Waals surface area (Å²) < 4.78 is 17.8. The first-order chi connectivity index (χ1) is 6.84. The molecular formula is C9H12FN3O. The summed E-state index contributed by atoms with van der Waals surface area (Å²) in [7, 11) is 0. The van der Waals surface area contributed by atoms with Gasteiger partial charge in [-0.3, -0.25) is 0 Å². The van der Waals surface area contributed by atoms with E-state index in [2.05, 4.69) is 15.3 Å². The van der Waals surface area contributed by atoms with Crippen LogP contribution in [0.2, 0.25) is 0 Å². The second-order valence-electron chi connectivity index (χ2n) is 3.28. The highest BCUT2D eigenvalue weighted by atomic mass is 19.1. The Morgan fingerprint density at radius 1 is 1.43 bits per heavy atom. The first kappa shape index (κ1) is 9.33. The van der Waals surface area contributed by atoms with Gasteiger partial charge < -0.3 is 10.1 Å². The van der Waals surface area contributed by atoms with Gasteiger partial charge in [-0.25, -0.2) is 14.4 Å². The molecule has 0 aliphatic carbocycles. The van der Waals surface area contributed by atoms with Gasteiger partial charge in [0.2, 0.25) is 5.95 Å². The van der Waals surface area contributed by atoms with Crippen LogP contribution in [-0.4, -0.2) is 29.2 Å². The summed E-state index contributed by atoms with van der Waals surface area (Å²) in [5, 5.41) is 3.09. The van der Waals surface area contributed by atoms with Gasteiger partial charge in [-0.05, 0) is 12.8 Å². The first-order valence-electron chi connectivity index (χ1n) is 4.66. The van der Waals surface area contributed by atoms with Gasteiger partial charge in [0.1, 0.15) is 0 Å². The van der Waals surface area contributed by atoms with Crippen LogP contribution >= 0.6 is 0 Å². The molecule has 1 aliphatic rings. The minimum Gasteiger partial charge on any atom is -0.379 e. The van der Waals surface area contributed by atoms with E-state index in [1.807, 2.05) is 0 Å². The van der Waals surface area contributed by atoms with Crippen molar-refractivity contribution in [1.29, 1.82) is 0 Å². The number of nitrogens with one attached hydrogen (secondary N) is 1. The summed E-state index contributed by atoms with van der Waals surface area (Å²) in [4.78, 5) is 7.64. The lowest BCUT2D eigenvalue weighted by Crippen LogP contribution is -2.30. The predicted octanol–water partition coefficient (Wildman–Crippen LogP) is 1.21. The molecule has 0 saturated carbocycles. The van der Waals surface area contributed by atoms with Gasteiger partial charge in [-0.2, -0.15) is 0 Å². The van der Waals surface area contributed by atoms with Gasteiger partial charge in [-0.1, -0.05) is 0 Å². The molecule has 2 heterocycles. The summed E-state index contributed by atoms with van der Waals surface area (Å²) in [6.45, 7) is 1.49. The average molecular weight is 197 g/mol. The molecule has 14 heavy (non-hydrogen) atoms. The zero-order valence-corrected chi connectivity index (χ0v) is 7.74. The maximum Gasteiger partial charge on any atom is 0.223 e. The van der Waals surface area contributed by atoms with Crippen LogP contribution < -0.4 is 5.32 Å². The van der Waals surface area contributed by atoms with E-state index in [9.17, 15) is 4.39 Å². The summed E-state index contributed by atoms with van der Waals surface area (Å²) in [5.74, 6) is 0.0392. The lowest BCUT2D eigenvalue weighted by molar-refractivity contribution is 0.0874. The zero-order chi connectivity index (χ0) is 9.80. The fourth-order valence-electron chi connectivity index (χ4n) is 1.42. The van der Waals surface area contributed by atoms with Crippen molar-refractivity contribution in [2.45, 2.75) is 18.9 Å². The second-order valence-corrected chi connectivity index (χ2v) is 3.28. The van der Waals surface area contributed by atoms with Crippen molar-refractivity contribution < 1.29 is 9.13 Å². The van der Waals surface area contributed by atoms with E-state index in [-0.39, 0.29) is 6.04 Å². The summed E-state index contributed by atoms with van der Waals surface area (Å²) in [5.41, 5.74) is 0. The maximum atomic E-state index is 12.5. The van der Waals surface area contributed by atoms with Gasteiger partial charge >= 0.3 is 0 Å². The third kappa shape index (κ3) is 2.38. The van der Waals surface area contributed by atoms with Crippen LogP contribution in [0.5, 0.6) is 0 Å². The van der Waals surface area contributed by atoms with Crippen molar-refractivity contribution in [2.24, 2.45) is 0 Å². The Balaban J connectivity index is 1.92. The van der Waals surface area contributed by atoms with E-state index in [1.165, 1.54) is 0 Å². The van der Waals surface area contributed by atoms with Crippen LogP contribution in [0.4, 0.5) is 10.3 Å². The molecular weight excluding hydrogens is 185 g/mol. The molecule has 1 aliphatic heterocycles. The highest BCUT2D eigenvalue weighted by Gasteiger charge is 2.14. The van der Waals surface area contributed by atoms with Crippen molar-refractivity contribution in [3.05, 3.63) is 18.2 Å².